The van der Waals surface area contributed by atoms with E-state index in [1.807, 2.05) is 0 Å². The Morgan fingerprint density at radius 3 is 2.60 bits per heavy atom. The molecule has 2 rings (SSSR count). The van der Waals surface area contributed by atoms with Crippen molar-refractivity contribution in [2.24, 2.45) is 0 Å². The number of nitrogens with zero attached hydrogens (tertiary/aromatic N) is 2. The highest BCUT2D eigenvalue weighted by Crippen LogP contribution is 2.24. The zero-order chi connectivity index (χ0) is 18.4. The van der Waals surface area contributed by atoms with E-state index >= 15 is 0 Å². The van der Waals surface area contributed by atoms with Crippen molar-refractivity contribution in [2.75, 3.05) is 26.8 Å². The second kappa shape index (κ2) is 8.32. The largest absolute Gasteiger partial charge is 0.496 e. The number of nitrogens with one attached hydrogen (secondary N) is 1. The van der Waals surface area contributed by atoms with Gasteiger partial charge in [-0.15, -0.1) is 0 Å². The standard InChI is InChI=1S/C16H21N3O6/c1-3-25-16(21)18-8-6-11(7-9-18)17-15(20)13-10-12(19(22)23)4-5-14(13)24-2/h4-5,10-11H,3,6-9H2,1-2H3,(H,17,20). The number of methoxy groups -OCH3 is 1. The monoisotopic (exact) mass is 351 g/mol. The Balaban J connectivity index is 2.00. The van der Waals surface area contributed by atoms with Gasteiger partial charge in [-0.05, 0) is 25.8 Å². The van der Waals surface area contributed by atoms with E-state index in [9.17, 15) is 19.7 Å². The Hall–Kier alpha value is -2.84. The Bertz CT molecular complexity index is 655. The Labute approximate surface area is 145 Å². The number of ether oxygens (including phenoxy) is 2. The van der Waals surface area contributed by atoms with E-state index in [1.165, 1.54) is 25.3 Å². The van der Waals surface area contributed by atoms with Crippen LogP contribution in [0, 0.1) is 10.1 Å². The lowest BCUT2D eigenvalue weighted by Gasteiger charge is -2.31. The average Bonchev–Trinajstić information content (AvgIpc) is 2.61. The maximum absolute atomic E-state index is 12.5. The summed E-state index contributed by atoms with van der Waals surface area (Å²) in [4.78, 5) is 36.1. The molecule has 0 spiro atoms. The number of hydrogen-bond donors (Lipinski definition) is 1. The number of hydrogen-bond acceptors (Lipinski definition) is 6. The molecule has 1 N–H and O–H groups in total. The van der Waals surface area contributed by atoms with E-state index in [0.717, 1.165) is 0 Å². The number of nitro groups is 1. The first-order valence-electron chi connectivity index (χ1n) is 8.01. The van der Waals surface area contributed by atoms with Crippen molar-refractivity contribution >= 4 is 17.7 Å². The molecule has 0 saturated carbocycles. The van der Waals surface area contributed by atoms with Crippen LogP contribution in [0.25, 0.3) is 0 Å². The summed E-state index contributed by atoms with van der Waals surface area (Å²) in [6, 6.07) is 3.76. The van der Waals surface area contributed by atoms with Gasteiger partial charge < -0.3 is 19.7 Å². The first kappa shape index (κ1) is 18.5. The molecule has 1 saturated heterocycles. The fourth-order valence-corrected chi connectivity index (χ4v) is 2.67. The highest BCUT2D eigenvalue weighted by atomic mass is 16.6. The Morgan fingerprint density at radius 1 is 1.36 bits per heavy atom. The van der Waals surface area contributed by atoms with Crippen molar-refractivity contribution in [3.63, 3.8) is 0 Å². The minimum Gasteiger partial charge on any atom is -0.496 e. The molecule has 0 bridgehead atoms. The summed E-state index contributed by atoms with van der Waals surface area (Å²) in [5, 5.41) is 13.7. The van der Waals surface area contributed by atoms with Crippen molar-refractivity contribution in [3.8, 4) is 5.75 Å². The highest BCUT2D eigenvalue weighted by Gasteiger charge is 2.26. The first-order valence-corrected chi connectivity index (χ1v) is 8.01. The molecule has 2 amide bonds. The normalized spacial score (nSPS) is 14.7. The third-order valence-electron chi connectivity index (χ3n) is 3.99. The fourth-order valence-electron chi connectivity index (χ4n) is 2.67. The SMILES string of the molecule is CCOC(=O)N1CCC(NC(=O)c2cc([N+](=O)[O-])ccc2OC)CC1. The van der Waals surface area contributed by atoms with Gasteiger partial charge in [-0.3, -0.25) is 14.9 Å². The molecular weight excluding hydrogens is 330 g/mol. The van der Waals surface area contributed by atoms with E-state index in [4.69, 9.17) is 9.47 Å². The van der Waals surface area contributed by atoms with Gasteiger partial charge in [0.1, 0.15) is 5.75 Å². The van der Waals surface area contributed by atoms with Gasteiger partial charge in [-0.25, -0.2) is 4.79 Å². The van der Waals surface area contributed by atoms with Gasteiger partial charge in [0.15, 0.2) is 0 Å². The van der Waals surface area contributed by atoms with Crippen LogP contribution < -0.4 is 10.1 Å². The van der Waals surface area contributed by atoms with Gasteiger partial charge in [-0.2, -0.15) is 0 Å². The van der Waals surface area contributed by atoms with Gasteiger partial charge in [0.25, 0.3) is 11.6 Å². The van der Waals surface area contributed by atoms with E-state index in [-0.39, 0.29) is 29.1 Å². The van der Waals surface area contributed by atoms with Crippen LogP contribution in [0.15, 0.2) is 18.2 Å². The zero-order valence-corrected chi connectivity index (χ0v) is 14.2. The van der Waals surface area contributed by atoms with Crippen LogP contribution in [0.3, 0.4) is 0 Å². The predicted molar refractivity (Wildman–Crippen MR) is 88.7 cm³/mol. The molecule has 1 aromatic rings. The van der Waals surface area contributed by atoms with E-state index in [0.29, 0.717) is 32.5 Å². The molecule has 1 heterocycles. The molecular formula is C16H21N3O6. The maximum Gasteiger partial charge on any atom is 0.409 e. The predicted octanol–water partition coefficient (Wildman–Crippen LogP) is 1.95. The molecule has 0 radical (unpaired) electrons. The van der Waals surface area contributed by atoms with Crippen molar-refractivity contribution < 1.29 is 24.0 Å². The molecule has 25 heavy (non-hydrogen) atoms. The molecule has 1 aliphatic rings. The van der Waals surface area contributed by atoms with Crippen LogP contribution in [-0.4, -0.2) is 54.7 Å². The van der Waals surface area contributed by atoms with Gasteiger partial charge >= 0.3 is 6.09 Å². The topological polar surface area (TPSA) is 111 Å². The summed E-state index contributed by atoms with van der Waals surface area (Å²) < 4.78 is 10.1. The molecule has 0 aliphatic carbocycles. The summed E-state index contributed by atoms with van der Waals surface area (Å²) in [5.41, 5.74) is -0.0624. The Morgan fingerprint density at radius 2 is 2.04 bits per heavy atom. The maximum atomic E-state index is 12.5. The number of likely N-dealkylation sites (tertiary alicyclic amines) is 1. The van der Waals surface area contributed by atoms with Gasteiger partial charge in [0, 0.05) is 31.3 Å². The lowest BCUT2D eigenvalue weighted by atomic mass is 10.0. The lowest BCUT2D eigenvalue weighted by molar-refractivity contribution is -0.384. The summed E-state index contributed by atoms with van der Waals surface area (Å²) >= 11 is 0. The number of rotatable bonds is 5. The molecule has 1 aliphatic heterocycles. The Kier molecular flexibility index (Phi) is 6.15. The molecule has 0 atom stereocenters. The quantitative estimate of drug-likeness (QED) is 0.641. The van der Waals surface area contributed by atoms with Crippen molar-refractivity contribution in [1.82, 2.24) is 10.2 Å². The molecule has 1 fully saturated rings. The third-order valence-corrected chi connectivity index (χ3v) is 3.99. The second-order valence-corrected chi connectivity index (χ2v) is 5.58. The number of non-ortho nitro benzene ring substituents is 1. The summed E-state index contributed by atoms with van der Waals surface area (Å²) in [6.45, 7) is 3.03. The number of carbonyl (C=O) groups excluding carboxylic acids is 2. The zero-order valence-electron chi connectivity index (χ0n) is 14.2. The van der Waals surface area contributed by atoms with Crippen LogP contribution >= 0.6 is 0 Å². The fraction of sp³-hybridized carbons (Fsp3) is 0.500. The number of piperidine rings is 1. The number of nitro benzene ring substituents is 1. The third kappa shape index (κ3) is 4.59. The molecule has 9 heteroatoms. The number of carbonyl (C=O) groups is 2. The minimum atomic E-state index is -0.561. The van der Waals surface area contributed by atoms with Gasteiger partial charge in [-0.1, -0.05) is 0 Å². The second-order valence-electron chi connectivity index (χ2n) is 5.58. The van der Waals surface area contributed by atoms with Crippen molar-refractivity contribution in [1.29, 1.82) is 0 Å². The minimum absolute atomic E-state index is 0.115. The molecule has 0 unspecified atom stereocenters. The van der Waals surface area contributed by atoms with Gasteiger partial charge in [0.2, 0.25) is 0 Å². The summed E-state index contributed by atoms with van der Waals surface area (Å²) in [5.74, 6) is -0.165. The summed E-state index contributed by atoms with van der Waals surface area (Å²) in [6.07, 6.45) is 0.816. The van der Waals surface area contributed by atoms with E-state index < -0.39 is 10.8 Å². The van der Waals surface area contributed by atoms with Gasteiger partial charge in [0.05, 0.1) is 24.2 Å². The first-order chi connectivity index (χ1) is 12.0. The summed E-state index contributed by atoms with van der Waals surface area (Å²) in [7, 11) is 1.40. The highest BCUT2D eigenvalue weighted by molar-refractivity contribution is 5.97. The van der Waals surface area contributed by atoms with E-state index in [2.05, 4.69) is 5.32 Å². The number of benzene rings is 1. The van der Waals surface area contributed by atoms with Crippen molar-refractivity contribution in [3.05, 3.63) is 33.9 Å². The molecule has 9 nitrogen and oxygen atoms in total. The number of amides is 2. The van der Waals surface area contributed by atoms with Crippen LogP contribution in [0.1, 0.15) is 30.1 Å². The van der Waals surface area contributed by atoms with E-state index in [1.54, 1.807) is 11.8 Å². The lowest BCUT2D eigenvalue weighted by Crippen LogP contribution is -2.46. The molecule has 1 aromatic carbocycles. The van der Waals surface area contributed by atoms with Crippen LogP contribution in [0.2, 0.25) is 0 Å². The smallest absolute Gasteiger partial charge is 0.409 e. The molecule has 136 valence electrons. The molecule has 0 aromatic heterocycles. The average molecular weight is 351 g/mol. The van der Waals surface area contributed by atoms with Crippen LogP contribution in [0.4, 0.5) is 10.5 Å². The van der Waals surface area contributed by atoms with Crippen LogP contribution in [0.5, 0.6) is 5.75 Å². The van der Waals surface area contributed by atoms with Crippen LogP contribution in [-0.2, 0) is 4.74 Å². The van der Waals surface area contributed by atoms with Crippen molar-refractivity contribution in [2.45, 2.75) is 25.8 Å².